The van der Waals surface area contributed by atoms with Gasteiger partial charge in [0.2, 0.25) is 0 Å². The Balaban J connectivity index is 1.43. The standard InChI is InChI=1S/C17H20N6O/c1-13-10-18-12-22(17(13)24)11-14-4-7-21(8-5-14)16-3-2-15-19-6-9-23(15)20-16/h2-3,6,9-10,12,14H,4-5,7-8,11H2,1H3. The van der Waals surface area contributed by atoms with Gasteiger partial charge in [-0.1, -0.05) is 0 Å². The first-order valence-corrected chi connectivity index (χ1v) is 8.27. The number of imidazole rings is 1. The molecule has 0 radical (unpaired) electrons. The predicted octanol–water partition coefficient (Wildman–Crippen LogP) is 1.51. The highest BCUT2D eigenvalue weighted by molar-refractivity contribution is 5.45. The molecule has 4 heterocycles. The second-order valence-corrected chi connectivity index (χ2v) is 6.39. The van der Waals surface area contributed by atoms with Gasteiger partial charge >= 0.3 is 0 Å². The summed E-state index contributed by atoms with van der Waals surface area (Å²) in [6, 6.07) is 4.02. The number of anilines is 1. The number of nitrogens with zero attached hydrogens (tertiary/aromatic N) is 6. The fraction of sp³-hybridized carbons (Fsp3) is 0.412. The second-order valence-electron chi connectivity index (χ2n) is 6.39. The van der Waals surface area contributed by atoms with Crippen molar-refractivity contribution in [2.24, 2.45) is 5.92 Å². The highest BCUT2D eigenvalue weighted by Crippen LogP contribution is 2.22. The van der Waals surface area contributed by atoms with Crippen molar-refractivity contribution in [3.8, 4) is 0 Å². The summed E-state index contributed by atoms with van der Waals surface area (Å²) in [6.07, 6.45) is 8.98. The molecule has 0 unspecified atom stereocenters. The van der Waals surface area contributed by atoms with E-state index in [1.54, 1.807) is 27.8 Å². The largest absolute Gasteiger partial charge is 0.355 e. The van der Waals surface area contributed by atoms with Crippen molar-refractivity contribution in [2.45, 2.75) is 26.3 Å². The van der Waals surface area contributed by atoms with Crippen LogP contribution in [-0.2, 0) is 6.54 Å². The van der Waals surface area contributed by atoms with Gasteiger partial charge in [0.15, 0.2) is 5.65 Å². The van der Waals surface area contributed by atoms with Crippen LogP contribution in [0.5, 0.6) is 0 Å². The van der Waals surface area contributed by atoms with Gasteiger partial charge in [0, 0.05) is 43.8 Å². The molecular formula is C17H20N6O. The van der Waals surface area contributed by atoms with Gasteiger partial charge in [-0.2, -0.15) is 0 Å². The Labute approximate surface area is 139 Å². The fourth-order valence-corrected chi connectivity index (χ4v) is 3.29. The van der Waals surface area contributed by atoms with E-state index in [0.717, 1.165) is 43.9 Å². The summed E-state index contributed by atoms with van der Waals surface area (Å²) in [5.74, 6) is 1.48. The molecule has 1 fully saturated rings. The Morgan fingerprint density at radius 2 is 2.08 bits per heavy atom. The van der Waals surface area contributed by atoms with E-state index >= 15 is 0 Å². The van der Waals surface area contributed by atoms with Crippen molar-refractivity contribution in [1.82, 2.24) is 24.1 Å². The Morgan fingerprint density at radius 3 is 2.92 bits per heavy atom. The summed E-state index contributed by atoms with van der Waals surface area (Å²) in [5, 5.41) is 4.61. The van der Waals surface area contributed by atoms with E-state index in [9.17, 15) is 4.79 Å². The van der Waals surface area contributed by atoms with Gasteiger partial charge in [0.1, 0.15) is 5.82 Å². The number of aromatic nitrogens is 5. The molecular weight excluding hydrogens is 304 g/mol. The molecule has 3 aromatic heterocycles. The number of aryl methyl sites for hydroxylation is 1. The van der Waals surface area contributed by atoms with Crippen molar-refractivity contribution in [2.75, 3.05) is 18.0 Å². The van der Waals surface area contributed by atoms with Crippen LogP contribution in [0.4, 0.5) is 5.82 Å². The number of hydrogen-bond donors (Lipinski definition) is 0. The first-order valence-electron chi connectivity index (χ1n) is 8.27. The molecule has 124 valence electrons. The predicted molar refractivity (Wildman–Crippen MR) is 91.2 cm³/mol. The van der Waals surface area contributed by atoms with Crippen LogP contribution in [0.25, 0.3) is 5.65 Å². The summed E-state index contributed by atoms with van der Waals surface area (Å²) in [5.41, 5.74) is 1.63. The van der Waals surface area contributed by atoms with E-state index in [1.165, 1.54) is 0 Å². The average molecular weight is 324 g/mol. The van der Waals surface area contributed by atoms with E-state index in [-0.39, 0.29) is 5.56 Å². The lowest BCUT2D eigenvalue weighted by Gasteiger charge is -2.32. The quantitative estimate of drug-likeness (QED) is 0.730. The third-order valence-electron chi connectivity index (χ3n) is 4.71. The highest BCUT2D eigenvalue weighted by atomic mass is 16.1. The normalized spacial score (nSPS) is 16.0. The van der Waals surface area contributed by atoms with Crippen LogP contribution in [0.3, 0.4) is 0 Å². The highest BCUT2D eigenvalue weighted by Gasteiger charge is 2.21. The molecule has 0 spiro atoms. The second kappa shape index (κ2) is 6.07. The number of hydrogen-bond acceptors (Lipinski definition) is 5. The van der Waals surface area contributed by atoms with Crippen LogP contribution in [0.2, 0.25) is 0 Å². The van der Waals surface area contributed by atoms with Crippen LogP contribution in [-0.4, -0.2) is 37.2 Å². The SMILES string of the molecule is Cc1cncn(CC2CCN(c3ccc4nccn4n3)CC2)c1=O. The lowest BCUT2D eigenvalue weighted by atomic mass is 9.96. The van der Waals surface area contributed by atoms with E-state index in [2.05, 4.69) is 20.0 Å². The summed E-state index contributed by atoms with van der Waals surface area (Å²) in [4.78, 5) is 22.8. The maximum atomic E-state index is 12.1. The molecule has 1 aliphatic rings. The molecule has 1 saturated heterocycles. The van der Waals surface area contributed by atoms with Crippen LogP contribution >= 0.6 is 0 Å². The molecule has 4 rings (SSSR count). The summed E-state index contributed by atoms with van der Waals surface area (Å²) in [7, 11) is 0. The van der Waals surface area contributed by atoms with Crippen LogP contribution < -0.4 is 10.5 Å². The van der Waals surface area contributed by atoms with Gasteiger partial charge in [-0.3, -0.25) is 9.36 Å². The fourth-order valence-electron chi connectivity index (χ4n) is 3.29. The number of piperidine rings is 1. The molecule has 0 aromatic carbocycles. The zero-order valence-corrected chi connectivity index (χ0v) is 13.7. The lowest BCUT2D eigenvalue weighted by molar-refractivity contribution is 0.349. The van der Waals surface area contributed by atoms with E-state index in [0.29, 0.717) is 11.5 Å². The van der Waals surface area contributed by atoms with Crippen molar-refractivity contribution in [3.63, 3.8) is 0 Å². The minimum absolute atomic E-state index is 0.0691. The molecule has 0 amide bonds. The molecule has 0 atom stereocenters. The molecule has 0 saturated carbocycles. The summed E-state index contributed by atoms with van der Waals surface area (Å²) >= 11 is 0. The lowest BCUT2D eigenvalue weighted by Crippen LogP contribution is -2.37. The van der Waals surface area contributed by atoms with Crippen LogP contribution in [0, 0.1) is 12.8 Å². The maximum absolute atomic E-state index is 12.1. The monoisotopic (exact) mass is 324 g/mol. The van der Waals surface area contributed by atoms with Gasteiger partial charge in [-0.15, -0.1) is 5.10 Å². The Hall–Kier alpha value is -2.70. The van der Waals surface area contributed by atoms with Crippen molar-refractivity contribution in [1.29, 1.82) is 0 Å². The maximum Gasteiger partial charge on any atom is 0.256 e. The van der Waals surface area contributed by atoms with Crippen molar-refractivity contribution >= 4 is 11.5 Å². The minimum Gasteiger partial charge on any atom is -0.355 e. The zero-order valence-electron chi connectivity index (χ0n) is 13.7. The van der Waals surface area contributed by atoms with E-state index in [1.807, 2.05) is 25.3 Å². The summed E-state index contributed by atoms with van der Waals surface area (Å²) in [6.45, 7) is 4.46. The van der Waals surface area contributed by atoms with Gasteiger partial charge in [0.25, 0.3) is 5.56 Å². The smallest absolute Gasteiger partial charge is 0.256 e. The molecule has 0 bridgehead atoms. The third kappa shape index (κ3) is 2.77. The van der Waals surface area contributed by atoms with Gasteiger partial charge in [-0.05, 0) is 37.8 Å². The molecule has 24 heavy (non-hydrogen) atoms. The Kier molecular flexibility index (Phi) is 3.76. The molecule has 3 aromatic rings. The minimum atomic E-state index is 0.0691. The van der Waals surface area contributed by atoms with Crippen molar-refractivity contribution in [3.05, 3.63) is 53.0 Å². The average Bonchev–Trinajstić information content (AvgIpc) is 3.07. The third-order valence-corrected chi connectivity index (χ3v) is 4.71. The molecule has 1 aliphatic heterocycles. The Bertz CT molecular complexity index is 907. The Morgan fingerprint density at radius 1 is 1.25 bits per heavy atom. The number of rotatable bonds is 3. The summed E-state index contributed by atoms with van der Waals surface area (Å²) < 4.78 is 3.55. The topological polar surface area (TPSA) is 68.3 Å². The van der Waals surface area contributed by atoms with Crippen molar-refractivity contribution < 1.29 is 0 Å². The van der Waals surface area contributed by atoms with Gasteiger partial charge < -0.3 is 4.90 Å². The molecule has 7 nitrogen and oxygen atoms in total. The molecule has 0 aliphatic carbocycles. The van der Waals surface area contributed by atoms with Crippen LogP contribution in [0.1, 0.15) is 18.4 Å². The van der Waals surface area contributed by atoms with E-state index < -0.39 is 0 Å². The number of fused-ring (bicyclic) bond motifs is 1. The molecule has 0 N–H and O–H groups in total. The zero-order chi connectivity index (χ0) is 16.5. The van der Waals surface area contributed by atoms with Gasteiger partial charge in [-0.25, -0.2) is 14.5 Å². The van der Waals surface area contributed by atoms with E-state index in [4.69, 9.17) is 0 Å². The van der Waals surface area contributed by atoms with Crippen LogP contribution in [0.15, 0.2) is 41.8 Å². The van der Waals surface area contributed by atoms with Gasteiger partial charge in [0.05, 0.1) is 6.33 Å². The molecule has 7 heteroatoms. The first-order chi connectivity index (χ1) is 11.7. The first kappa shape index (κ1) is 14.9.